The van der Waals surface area contributed by atoms with E-state index in [1.165, 1.54) is 63.6 Å². The first kappa shape index (κ1) is 57.9. The molecule has 400 valence electrons. The number of amides is 8. The molecule has 0 aliphatic carbocycles. The minimum atomic E-state index is -0.935. The number of carboxylic acids is 1. The van der Waals surface area contributed by atoms with Gasteiger partial charge in [0, 0.05) is 118 Å². The van der Waals surface area contributed by atoms with Crippen LogP contribution in [0.25, 0.3) is 0 Å². The molecule has 0 spiro atoms. The third-order valence-electron chi connectivity index (χ3n) is 10.1. The number of rotatable bonds is 32. The van der Waals surface area contributed by atoms with Gasteiger partial charge in [0.25, 0.3) is 29.5 Å². The average Bonchev–Trinajstić information content (AvgIpc) is 4.14. The highest BCUT2D eigenvalue weighted by Crippen LogP contribution is 2.15. The number of hydrogen-bond acceptors (Lipinski definition) is 16. The third-order valence-corrected chi connectivity index (χ3v) is 10.1. The van der Waals surface area contributed by atoms with Crippen LogP contribution in [-0.4, -0.2) is 169 Å². The number of aliphatic carboxylic acids is 1. The molecule has 0 aromatic carbocycles. The Hall–Kier alpha value is -8.70. The van der Waals surface area contributed by atoms with Crippen molar-refractivity contribution < 1.29 is 62.5 Å². The second kappa shape index (κ2) is 29.6. The lowest BCUT2D eigenvalue weighted by molar-refractivity contribution is -0.138. The van der Waals surface area contributed by atoms with Gasteiger partial charge in [-0.05, 0) is 12.3 Å². The third kappa shape index (κ3) is 19.1. The summed E-state index contributed by atoms with van der Waals surface area (Å²) in [6.07, 6.45) is 9.52. The zero-order valence-corrected chi connectivity index (χ0v) is 41.6. The van der Waals surface area contributed by atoms with Crippen LogP contribution in [0.1, 0.15) is 68.0 Å². The number of hydrogen-bond donors (Lipinski definition) is 9. The van der Waals surface area contributed by atoms with Crippen molar-refractivity contribution in [1.29, 1.82) is 0 Å². The molecule has 29 nitrogen and oxygen atoms in total. The zero-order valence-electron chi connectivity index (χ0n) is 41.6. The fraction of sp³-hybridized carbons (Fsp3) is 0.422. The van der Waals surface area contributed by atoms with Gasteiger partial charge in [0.05, 0.1) is 51.7 Å². The second-order valence-corrected chi connectivity index (χ2v) is 15.9. The van der Waals surface area contributed by atoms with Gasteiger partial charge in [0.15, 0.2) is 17.5 Å². The standard InChI is InChI=1S/C45H62N16O13/c1-7-57(2)31(25-51-44(70)40-56-33(28-61(40)6)54-35(63)9-13-48-41(67)30-24-29(26-59(30)4)52-45(71)38-47-15-17-58(38)3)42(68)49-14-10-36(64)53-32-27-60(5)39(55-32)43(69)50-12-8-34(62)46-16-19-73-21-23-74-22-20-72-18-11-37(65)66/h7,15,17,24-28H,1,8-14,16,18-23H2,2-6H3,(H,46,62)(H,48,67)(H,49,68)(H,50,69)(H,51,70)(H,52,71)(H,53,64)(H,54,63)(H,65,66)/b31-25-. The summed E-state index contributed by atoms with van der Waals surface area (Å²) >= 11 is 0. The van der Waals surface area contributed by atoms with Crippen LogP contribution in [0.4, 0.5) is 17.3 Å². The summed E-state index contributed by atoms with van der Waals surface area (Å²) in [6.45, 7) is 5.24. The highest BCUT2D eigenvalue weighted by molar-refractivity contribution is 6.03. The number of ether oxygens (including phenoxy) is 3. The predicted octanol–water partition coefficient (Wildman–Crippen LogP) is -1.21. The number of nitrogens with one attached hydrogen (secondary N) is 8. The average molecular weight is 1040 g/mol. The van der Waals surface area contributed by atoms with E-state index in [0.717, 1.165) is 6.20 Å². The summed E-state index contributed by atoms with van der Waals surface area (Å²) in [5, 5.41) is 29.4. The van der Waals surface area contributed by atoms with Gasteiger partial charge in [-0.15, -0.1) is 0 Å². The maximum atomic E-state index is 13.2. The van der Waals surface area contributed by atoms with Gasteiger partial charge >= 0.3 is 5.97 Å². The molecule has 0 bridgehead atoms. The number of carboxylic acid groups (broad SMARTS) is 1. The molecule has 74 heavy (non-hydrogen) atoms. The molecule has 4 heterocycles. The molecule has 29 heteroatoms. The highest BCUT2D eigenvalue weighted by atomic mass is 16.5. The molecule has 0 radical (unpaired) electrons. The van der Waals surface area contributed by atoms with Crippen molar-refractivity contribution in [3.8, 4) is 0 Å². The van der Waals surface area contributed by atoms with E-state index in [2.05, 4.69) is 64.1 Å². The number of carbonyl (C=O) groups excluding carboxylic acids is 8. The van der Waals surface area contributed by atoms with E-state index in [1.807, 2.05) is 0 Å². The first-order valence-electron chi connectivity index (χ1n) is 22.9. The zero-order chi connectivity index (χ0) is 54.2. The van der Waals surface area contributed by atoms with Crippen LogP contribution >= 0.6 is 0 Å². The van der Waals surface area contributed by atoms with Crippen LogP contribution < -0.4 is 42.5 Å². The molecule has 0 fully saturated rings. The fourth-order valence-electron chi connectivity index (χ4n) is 6.32. The van der Waals surface area contributed by atoms with Gasteiger partial charge in [0.2, 0.25) is 29.4 Å². The lowest BCUT2D eigenvalue weighted by atomic mass is 10.3. The Morgan fingerprint density at radius 1 is 0.608 bits per heavy atom. The van der Waals surface area contributed by atoms with Crippen LogP contribution in [0.3, 0.4) is 0 Å². The molecule has 8 amide bonds. The highest BCUT2D eigenvalue weighted by Gasteiger charge is 2.21. The van der Waals surface area contributed by atoms with E-state index in [1.54, 1.807) is 38.1 Å². The number of nitrogens with zero attached hydrogens (tertiary/aromatic N) is 8. The number of aryl methyl sites for hydroxylation is 4. The van der Waals surface area contributed by atoms with E-state index in [0.29, 0.717) is 18.9 Å². The molecule has 9 N–H and O–H groups in total. The minimum absolute atomic E-state index is 0.0108. The maximum absolute atomic E-state index is 13.2. The summed E-state index contributed by atoms with van der Waals surface area (Å²) in [4.78, 5) is 126. The minimum Gasteiger partial charge on any atom is -0.481 e. The number of likely N-dealkylation sites (N-methyl/N-ethyl adjacent to an activating group) is 1. The van der Waals surface area contributed by atoms with Crippen molar-refractivity contribution in [3.63, 3.8) is 0 Å². The summed E-state index contributed by atoms with van der Waals surface area (Å²) < 4.78 is 21.6. The molecule has 4 aromatic heterocycles. The topological polar surface area (TPSA) is 359 Å². The molecular formula is C45H62N16O13. The summed E-state index contributed by atoms with van der Waals surface area (Å²) in [5.74, 6) is -5.06. The summed E-state index contributed by atoms with van der Waals surface area (Å²) in [5.41, 5.74) is 0.554. The monoisotopic (exact) mass is 1030 g/mol. The van der Waals surface area contributed by atoms with E-state index in [4.69, 9.17) is 19.3 Å². The summed E-state index contributed by atoms with van der Waals surface area (Å²) in [7, 11) is 7.88. The van der Waals surface area contributed by atoms with Crippen molar-refractivity contribution >= 4 is 70.5 Å². The Bertz CT molecular complexity index is 2670. The second-order valence-electron chi connectivity index (χ2n) is 15.9. The Morgan fingerprint density at radius 3 is 1.74 bits per heavy atom. The Labute approximate surface area is 424 Å². The van der Waals surface area contributed by atoms with Crippen molar-refractivity contribution in [2.45, 2.75) is 25.7 Å². The molecule has 4 rings (SSSR count). The van der Waals surface area contributed by atoms with E-state index in [9.17, 15) is 43.2 Å². The van der Waals surface area contributed by atoms with Crippen molar-refractivity contribution in [3.05, 3.63) is 84.9 Å². The molecule has 0 aliphatic rings. The van der Waals surface area contributed by atoms with Crippen molar-refractivity contribution in [2.24, 2.45) is 28.2 Å². The molecular weight excluding hydrogens is 973 g/mol. The number of carbonyl (C=O) groups is 9. The number of imidazole rings is 3. The molecule has 4 aromatic rings. The predicted molar refractivity (Wildman–Crippen MR) is 263 cm³/mol. The maximum Gasteiger partial charge on any atom is 0.305 e. The van der Waals surface area contributed by atoms with Gasteiger partial charge in [-0.25, -0.2) is 15.0 Å². The van der Waals surface area contributed by atoms with Gasteiger partial charge in [-0.1, -0.05) is 6.58 Å². The first-order chi connectivity index (χ1) is 35.4. The molecule has 0 aliphatic heterocycles. The lowest BCUT2D eigenvalue weighted by Gasteiger charge is -2.17. The molecule has 0 saturated heterocycles. The molecule has 0 unspecified atom stereocenters. The lowest BCUT2D eigenvalue weighted by Crippen LogP contribution is -2.35. The number of anilines is 3. The van der Waals surface area contributed by atoms with Crippen LogP contribution in [0, 0.1) is 0 Å². The SMILES string of the molecule is C=CN(C)/C(=C\NC(=O)c1nc(NC(=O)CCNC(=O)c2cc(NC(=O)c3nccn3C)cn2C)cn1C)C(=O)NCCC(=O)Nc1cn(C)c(C(=O)NCCC(=O)NCCOCCOCCOCCC(=O)O)n1. The van der Waals surface area contributed by atoms with Crippen LogP contribution in [0.2, 0.25) is 0 Å². The smallest absolute Gasteiger partial charge is 0.305 e. The van der Waals surface area contributed by atoms with Crippen LogP contribution in [0.5, 0.6) is 0 Å². The van der Waals surface area contributed by atoms with Crippen molar-refractivity contribution in [1.82, 2.24) is 64.7 Å². The Kier molecular flexibility index (Phi) is 23.1. The van der Waals surface area contributed by atoms with Crippen LogP contribution in [-0.2, 0) is 66.4 Å². The van der Waals surface area contributed by atoms with E-state index >= 15 is 0 Å². The Morgan fingerprint density at radius 2 is 1.16 bits per heavy atom. The Balaban J connectivity index is 1.13. The summed E-state index contributed by atoms with van der Waals surface area (Å²) in [6, 6.07) is 1.49. The van der Waals surface area contributed by atoms with Gasteiger partial charge in [-0.2, -0.15) is 0 Å². The van der Waals surface area contributed by atoms with Gasteiger partial charge in [-0.3, -0.25) is 43.2 Å². The van der Waals surface area contributed by atoms with Gasteiger partial charge < -0.3 is 85.0 Å². The quantitative estimate of drug-likeness (QED) is 0.0205. The fourth-order valence-corrected chi connectivity index (χ4v) is 6.32. The van der Waals surface area contributed by atoms with E-state index in [-0.39, 0.29) is 125 Å². The molecule has 0 atom stereocenters. The van der Waals surface area contributed by atoms with Crippen LogP contribution in [0.15, 0.2) is 61.7 Å². The largest absolute Gasteiger partial charge is 0.481 e. The van der Waals surface area contributed by atoms with Crippen molar-refractivity contribution in [2.75, 3.05) is 88.8 Å². The molecule has 0 saturated carbocycles. The van der Waals surface area contributed by atoms with E-state index < -0.39 is 47.3 Å². The van der Waals surface area contributed by atoms with Gasteiger partial charge in [0.1, 0.15) is 11.4 Å². The first-order valence-corrected chi connectivity index (χ1v) is 22.9. The number of aromatic nitrogens is 7. The normalized spacial score (nSPS) is 11.0.